The number of fused-ring (bicyclic) bond motifs is 1. The largest absolute Gasteiger partial charge is 0.402 e. The highest BCUT2D eigenvalue weighted by molar-refractivity contribution is 6.47. The van der Waals surface area contributed by atoms with Crippen molar-refractivity contribution in [1.82, 2.24) is 15.0 Å². The van der Waals surface area contributed by atoms with Crippen molar-refractivity contribution < 1.29 is 14.7 Å². The van der Waals surface area contributed by atoms with Gasteiger partial charge in [0.1, 0.15) is 17.1 Å². The van der Waals surface area contributed by atoms with Gasteiger partial charge in [0.15, 0.2) is 0 Å². The Balaban J connectivity index is 0.00000155. The molecule has 0 saturated carbocycles. The first-order valence-corrected chi connectivity index (χ1v) is 8.79. The Morgan fingerprint density at radius 3 is 2.47 bits per heavy atom. The van der Waals surface area contributed by atoms with Crippen LogP contribution in [0.5, 0.6) is 0 Å². The molecule has 8 N–H and O–H groups in total. The number of aromatic amines is 1. The molecule has 0 aromatic carbocycles. The average Bonchev–Trinajstić information content (AvgIpc) is 3.17. The van der Waals surface area contributed by atoms with Crippen molar-refractivity contribution in [3.8, 4) is 11.3 Å². The molecule has 3 aromatic heterocycles. The predicted molar refractivity (Wildman–Crippen MR) is 115 cm³/mol. The molecule has 0 aliphatic carbocycles. The number of hydrogen-bond donors (Lipinski definition) is 6. The second kappa shape index (κ2) is 9.43. The van der Waals surface area contributed by atoms with Gasteiger partial charge in [-0.15, -0.1) is 0 Å². The summed E-state index contributed by atoms with van der Waals surface area (Å²) in [5.74, 6) is -1.18. The number of aliphatic hydroxyl groups is 1. The minimum absolute atomic E-state index is 0.161. The van der Waals surface area contributed by atoms with Gasteiger partial charge in [0, 0.05) is 35.6 Å². The zero-order valence-corrected chi connectivity index (χ0v) is 16.8. The van der Waals surface area contributed by atoms with Crippen molar-refractivity contribution in [2.24, 2.45) is 11.5 Å². The SMILES string of the molecule is C/C(N)=C(\C)C(=N)C(=O)Nc1cnc2[nH]c(-c3ccnc(C(N)=O)c3)cc2c1.CO. The Hall–Kier alpha value is -4.05. The van der Waals surface area contributed by atoms with Gasteiger partial charge in [-0.05, 0) is 43.7 Å². The number of nitrogens with zero attached hydrogens (tertiary/aromatic N) is 2. The number of amides is 2. The third kappa shape index (κ3) is 4.86. The number of carbonyl (C=O) groups excluding carboxylic acids is 2. The lowest BCUT2D eigenvalue weighted by molar-refractivity contribution is -0.110. The van der Waals surface area contributed by atoms with Crippen LogP contribution < -0.4 is 16.8 Å². The van der Waals surface area contributed by atoms with Crippen molar-refractivity contribution in [1.29, 1.82) is 5.41 Å². The number of pyridine rings is 2. The van der Waals surface area contributed by atoms with Crippen molar-refractivity contribution in [2.45, 2.75) is 13.8 Å². The van der Waals surface area contributed by atoms with Crippen LogP contribution in [0.1, 0.15) is 24.3 Å². The summed E-state index contributed by atoms with van der Waals surface area (Å²) in [6, 6.07) is 6.89. The molecule has 0 aliphatic rings. The molecule has 0 bridgehead atoms. The van der Waals surface area contributed by atoms with Gasteiger partial charge >= 0.3 is 0 Å². The molecule has 3 heterocycles. The summed E-state index contributed by atoms with van der Waals surface area (Å²) >= 11 is 0. The van der Waals surface area contributed by atoms with Crippen molar-refractivity contribution >= 4 is 34.2 Å². The highest BCUT2D eigenvalue weighted by atomic mass is 16.2. The van der Waals surface area contributed by atoms with E-state index in [0.717, 1.165) is 23.8 Å². The molecule has 10 heteroatoms. The maximum atomic E-state index is 12.2. The van der Waals surface area contributed by atoms with Crippen LogP contribution in [0.4, 0.5) is 5.69 Å². The maximum absolute atomic E-state index is 12.2. The highest BCUT2D eigenvalue weighted by Crippen LogP contribution is 2.25. The Kier molecular flexibility index (Phi) is 6.99. The number of nitrogens with two attached hydrogens (primary N) is 2. The molecule has 0 aliphatic heterocycles. The van der Waals surface area contributed by atoms with E-state index in [0.29, 0.717) is 22.6 Å². The fraction of sp³-hybridized carbons (Fsp3) is 0.150. The molecular formula is C20H23N7O3. The van der Waals surface area contributed by atoms with E-state index in [4.69, 9.17) is 22.0 Å². The number of hydrogen-bond acceptors (Lipinski definition) is 7. The molecule has 0 fully saturated rings. The van der Waals surface area contributed by atoms with E-state index in [1.807, 2.05) is 6.07 Å². The van der Waals surface area contributed by atoms with E-state index >= 15 is 0 Å². The summed E-state index contributed by atoms with van der Waals surface area (Å²) in [5.41, 5.74) is 14.2. The number of carbonyl (C=O) groups is 2. The topological polar surface area (TPSA) is 184 Å². The summed E-state index contributed by atoms with van der Waals surface area (Å²) in [5, 5.41) is 18.3. The number of nitrogens with one attached hydrogen (secondary N) is 3. The maximum Gasteiger partial charge on any atom is 0.273 e. The van der Waals surface area contributed by atoms with Crippen LogP contribution in [-0.2, 0) is 4.79 Å². The zero-order chi connectivity index (χ0) is 22.4. The second-order valence-electron chi connectivity index (χ2n) is 6.28. The number of rotatable bonds is 5. The predicted octanol–water partition coefficient (Wildman–Crippen LogP) is 1.54. The molecule has 3 aromatic rings. The van der Waals surface area contributed by atoms with Crippen LogP contribution in [0.2, 0.25) is 0 Å². The van der Waals surface area contributed by atoms with Crippen LogP contribution in [-0.4, -0.2) is 44.7 Å². The molecule has 0 spiro atoms. The van der Waals surface area contributed by atoms with Crippen molar-refractivity contribution in [3.63, 3.8) is 0 Å². The Morgan fingerprint density at radius 1 is 1.13 bits per heavy atom. The fourth-order valence-corrected chi connectivity index (χ4v) is 2.53. The van der Waals surface area contributed by atoms with E-state index in [-0.39, 0.29) is 11.4 Å². The smallest absolute Gasteiger partial charge is 0.273 e. The van der Waals surface area contributed by atoms with Crippen LogP contribution in [0, 0.1) is 5.41 Å². The van der Waals surface area contributed by atoms with Crippen LogP contribution in [0.25, 0.3) is 22.3 Å². The molecule has 0 atom stereocenters. The molecular weight excluding hydrogens is 386 g/mol. The van der Waals surface area contributed by atoms with Gasteiger partial charge in [0.25, 0.3) is 11.8 Å². The van der Waals surface area contributed by atoms with Gasteiger partial charge in [0.2, 0.25) is 0 Å². The fourth-order valence-electron chi connectivity index (χ4n) is 2.53. The Labute approximate surface area is 172 Å². The van der Waals surface area contributed by atoms with E-state index in [9.17, 15) is 9.59 Å². The van der Waals surface area contributed by atoms with E-state index in [1.54, 1.807) is 32.0 Å². The first-order chi connectivity index (χ1) is 14.3. The summed E-state index contributed by atoms with van der Waals surface area (Å²) in [6.07, 6.45) is 2.99. The van der Waals surface area contributed by atoms with Gasteiger partial charge in [-0.1, -0.05) is 0 Å². The lowest BCUT2D eigenvalue weighted by Gasteiger charge is -2.07. The standard InChI is InChI=1S/C19H19N7O2.CH4O/c1-9(10(2)20)16(21)19(28)25-13-5-12-7-14(26-18(12)24-8-13)11-3-4-23-15(6-11)17(22)27;1-2/h3-8,21H,20H2,1-2H3,(H2,22,27)(H,24,26)(H,25,28);2H,1H3/b10-9-,21-16?;. The molecule has 0 radical (unpaired) electrons. The van der Waals surface area contributed by atoms with Crippen molar-refractivity contribution in [3.05, 3.63) is 53.6 Å². The Morgan fingerprint density at radius 2 is 1.83 bits per heavy atom. The van der Waals surface area contributed by atoms with Gasteiger partial charge in [-0.3, -0.25) is 20.0 Å². The molecule has 10 nitrogen and oxygen atoms in total. The molecule has 0 unspecified atom stereocenters. The number of aliphatic hydroxyl groups excluding tert-OH is 1. The van der Waals surface area contributed by atoms with Crippen molar-refractivity contribution in [2.75, 3.05) is 12.4 Å². The number of H-pyrrole nitrogens is 1. The molecule has 30 heavy (non-hydrogen) atoms. The normalized spacial score (nSPS) is 11.2. The van der Waals surface area contributed by atoms with Gasteiger partial charge in [-0.25, -0.2) is 4.98 Å². The number of aromatic nitrogens is 3. The van der Waals surface area contributed by atoms with E-state index < -0.39 is 11.8 Å². The summed E-state index contributed by atoms with van der Waals surface area (Å²) in [4.78, 5) is 34.9. The van der Waals surface area contributed by atoms with Crippen LogP contribution in [0.15, 0.2) is 47.9 Å². The molecule has 0 saturated heterocycles. The molecule has 2 amide bonds. The van der Waals surface area contributed by atoms with Gasteiger partial charge < -0.3 is 26.9 Å². The lowest BCUT2D eigenvalue weighted by atomic mass is 10.1. The summed E-state index contributed by atoms with van der Waals surface area (Å²) < 4.78 is 0. The van der Waals surface area contributed by atoms with Gasteiger partial charge in [0.05, 0.1) is 11.9 Å². The minimum Gasteiger partial charge on any atom is -0.402 e. The number of anilines is 1. The quantitative estimate of drug-likeness (QED) is 0.347. The third-order valence-electron chi connectivity index (χ3n) is 4.24. The minimum atomic E-state index is -0.611. The lowest BCUT2D eigenvalue weighted by Crippen LogP contribution is -2.24. The first-order valence-electron chi connectivity index (χ1n) is 8.79. The number of allylic oxidation sites excluding steroid dienone is 1. The van der Waals surface area contributed by atoms with Crippen LogP contribution in [0.3, 0.4) is 0 Å². The third-order valence-corrected chi connectivity index (χ3v) is 4.24. The van der Waals surface area contributed by atoms with E-state index in [1.165, 1.54) is 12.4 Å². The highest BCUT2D eigenvalue weighted by Gasteiger charge is 2.14. The summed E-state index contributed by atoms with van der Waals surface area (Å²) in [6.45, 7) is 3.25. The monoisotopic (exact) mass is 409 g/mol. The molecule has 3 rings (SSSR count). The second-order valence-corrected chi connectivity index (χ2v) is 6.28. The first kappa shape index (κ1) is 22.2. The summed E-state index contributed by atoms with van der Waals surface area (Å²) in [7, 11) is 1.00. The van der Waals surface area contributed by atoms with Gasteiger partial charge in [-0.2, -0.15) is 0 Å². The molecule has 156 valence electrons. The zero-order valence-electron chi connectivity index (χ0n) is 16.8. The number of primary amides is 1. The average molecular weight is 409 g/mol. The Bertz CT molecular complexity index is 1140. The van der Waals surface area contributed by atoms with Crippen LogP contribution >= 0.6 is 0 Å². The van der Waals surface area contributed by atoms with E-state index in [2.05, 4.69) is 20.3 Å².